The summed E-state index contributed by atoms with van der Waals surface area (Å²) in [5, 5.41) is 10.6. The highest BCUT2D eigenvalue weighted by Crippen LogP contribution is 2.24. The second-order valence-corrected chi connectivity index (χ2v) is 4.00. The van der Waals surface area contributed by atoms with Crippen LogP contribution in [0.25, 0.3) is 0 Å². The molecular weight excluding hydrogens is 281 g/mol. The van der Waals surface area contributed by atoms with Crippen molar-refractivity contribution in [1.82, 2.24) is 5.32 Å². The number of imide groups is 1. The Balaban J connectivity index is 2.36. The summed E-state index contributed by atoms with van der Waals surface area (Å²) < 4.78 is 39.0. The molecule has 1 aliphatic heterocycles. The van der Waals surface area contributed by atoms with Crippen molar-refractivity contribution in [2.45, 2.75) is 12.5 Å². The number of urea groups is 1. The first-order valence-corrected chi connectivity index (χ1v) is 5.32. The van der Waals surface area contributed by atoms with Gasteiger partial charge in [0.2, 0.25) is 0 Å². The number of carboxylic acids is 1. The van der Waals surface area contributed by atoms with Crippen molar-refractivity contribution in [3.63, 3.8) is 0 Å². The highest BCUT2D eigenvalue weighted by Gasteiger charge is 2.40. The van der Waals surface area contributed by atoms with Gasteiger partial charge in [0.05, 0.1) is 12.1 Å². The fourth-order valence-electron chi connectivity index (χ4n) is 1.76. The van der Waals surface area contributed by atoms with E-state index in [-0.39, 0.29) is 0 Å². The molecular formula is C11H7F3N2O4. The molecule has 106 valence electrons. The Kier molecular flexibility index (Phi) is 3.35. The number of amides is 3. The van der Waals surface area contributed by atoms with Gasteiger partial charge in [-0.3, -0.25) is 9.59 Å². The number of hydrogen-bond donors (Lipinski definition) is 2. The van der Waals surface area contributed by atoms with E-state index in [0.29, 0.717) is 17.0 Å². The van der Waals surface area contributed by atoms with Crippen LogP contribution in [0.15, 0.2) is 12.1 Å². The second-order valence-electron chi connectivity index (χ2n) is 4.00. The topological polar surface area (TPSA) is 86.7 Å². The highest BCUT2D eigenvalue weighted by atomic mass is 19.2. The van der Waals surface area contributed by atoms with Gasteiger partial charge in [-0.25, -0.2) is 22.9 Å². The van der Waals surface area contributed by atoms with Crippen molar-refractivity contribution < 1.29 is 32.7 Å². The van der Waals surface area contributed by atoms with E-state index in [1.54, 1.807) is 0 Å². The molecule has 2 rings (SSSR count). The predicted molar refractivity (Wildman–Crippen MR) is 58.4 cm³/mol. The summed E-state index contributed by atoms with van der Waals surface area (Å²) >= 11 is 0. The summed E-state index contributed by atoms with van der Waals surface area (Å²) in [6.45, 7) is 0. The first-order valence-electron chi connectivity index (χ1n) is 5.32. The number of aliphatic carboxylic acids is 1. The maximum absolute atomic E-state index is 13.1. The molecule has 2 N–H and O–H groups in total. The number of benzene rings is 1. The van der Waals surface area contributed by atoms with Crippen LogP contribution < -0.4 is 10.2 Å². The molecule has 1 heterocycles. The van der Waals surface area contributed by atoms with Gasteiger partial charge in [0.15, 0.2) is 17.5 Å². The van der Waals surface area contributed by atoms with Crippen LogP contribution >= 0.6 is 0 Å². The second kappa shape index (κ2) is 4.83. The third kappa shape index (κ3) is 2.29. The Bertz CT molecular complexity index is 597. The molecule has 0 aliphatic carbocycles. The molecule has 1 atom stereocenters. The van der Waals surface area contributed by atoms with E-state index < -0.39 is 53.5 Å². The van der Waals surface area contributed by atoms with Gasteiger partial charge >= 0.3 is 12.0 Å². The highest BCUT2D eigenvalue weighted by molar-refractivity contribution is 6.21. The van der Waals surface area contributed by atoms with Gasteiger partial charge in [0.25, 0.3) is 5.91 Å². The molecule has 1 fully saturated rings. The van der Waals surface area contributed by atoms with E-state index in [4.69, 9.17) is 5.11 Å². The molecule has 1 aliphatic rings. The molecule has 0 bridgehead atoms. The normalized spacial score (nSPS) is 18.4. The number of hydrogen-bond acceptors (Lipinski definition) is 3. The summed E-state index contributed by atoms with van der Waals surface area (Å²) in [5.41, 5.74) is -0.517. The monoisotopic (exact) mass is 288 g/mol. The lowest BCUT2D eigenvalue weighted by Gasteiger charge is -2.13. The summed E-state index contributed by atoms with van der Waals surface area (Å²) in [6.07, 6.45) is -0.673. The van der Waals surface area contributed by atoms with Crippen LogP contribution in [0.1, 0.15) is 6.42 Å². The zero-order chi connectivity index (χ0) is 15.0. The van der Waals surface area contributed by atoms with Crippen molar-refractivity contribution in [1.29, 1.82) is 0 Å². The van der Waals surface area contributed by atoms with Gasteiger partial charge in [0.1, 0.15) is 6.04 Å². The fourth-order valence-corrected chi connectivity index (χ4v) is 1.76. The zero-order valence-electron chi connectivity index (χ0n) is 9.69. The summed E-state index contributed by atoms with van der Waals surface area (Å²) in [5.74, 6) is -7.18. The smallest absolute Gasteiger partial charge is 0.329 e. The number of nitrogens with zero attached hydrogens (tertiary/aromatic N) is 1. The lowest BCUT2D eigenvalue weighted by molar-refractivity contribution is -0.139. The lowest BCUT2D eigenvalue weighted by atomic mass is 10.2. The van der Waals surface area contributed by atoms with E-state index in [2.05, 4.69) is 5.32 Å². The van der Waals surface area contributed by atoms with Crippen LogP contribution in [-0.4, -0.2) is 29.1 Å². The first kappa shape index (κ1) is 13.8. The number of carbonyl (C=O) groups is 3. The summed E-state index contributed by atoms with van der Waals surface area (Å²) in [7, 11) is 0. The maximum Gasteiger partial charge on any atom is 0.329 e. The maximum atomic E-state index is 13.1. The van der Waals surface area contributed by atoms with E-state index in [0.717, 1.165) is 0 Å². The predicted octanol–water partition coefficient (Wildman–Crippen LogP) is 1.00. The molecule has 3 amide bonds. The van der Waals surface area contributed by atoms with Crippen LogP contribution in [-0.2, 0) is 9.59 Å². The van der Waals surface area contributed by atoms with Crippen molar-refractivity contribution >= 4 is 23.6 Å². The van der Waals surface area contributed by atoms with E-state index in [1.807, 2.05) is 0 Å². The zero-order valence-corrected chi connectivity index (χ0v) is 9.69. The number of halogens is 3. The average molecular weight is 288 g/mol. The minimum Gasteiger partial charge on any atom is -0.481 e. The van der Waals surface area contributed by atoms with Gasteiger partial charge in [-0.15, -0.1) is 0 Å². The third-order valence-electron chi connectivity index (χ3n) is 2.62. The quantitative estimate of drug-likeness (QED) is 0.642. The Morgan fingerprint density at radius 3 is 2.30 bits per heavy atom. The number of carboxylic acid groups (broad SMARTS) is 1. The number of nitrogens with one attached hydrogen (secondary N) is 1. The molecule has 0 aromatic heterocycles. The number of rotatable bonds is 3. The molecule has 1 aromatic rings. The first-order chi connectivity index (χ1) is 9.31. The Morgan fingerprint density at radius 2 is 1.80 bits per heavy atom. The molecule has 1 aromatic carbocycles. The minimum absolute atomic E-state index is 0.360. The Hall–Kier alpha value is -2.58. The standard InChI is InChI=1S/C11H7F3N2O4/c12-5-1-4(2-6(13)9(5)14)16-10(19)7(3-8(17)18)15-11(16)20/h1-2,7H,3H2,(H,15,20)(H,17,18). The van der Waals surface area contributed by atoms with Crippen LogP contribution in [0.3, 0.4) is 0 Å². The van der Waals surface area contributed by atoms with E-state index in [9.17, 15) is 27.6 Å². The summed E-state index contributed by atoms with van der Waals surface area (Å²) in [4.78, 5) is 34.2. The molecule has 6 nitrogen and oxygen atoms in total. The van der Waals surface area contributed by atoms with Crippen LogP contribution in [0, 0.1) is 17.5 Å². The van der Waals surface area contributed by atoms with Crippen molar-refractivity contribution in [2.75, 3.05) is 4.90 Å². The van der Waals surface area contributed by atoms with E-state index in [1.165, 1.54) is 0 Å². The van der Waals surface area contributed by atoms with Crippen LogP contribution in [0.2, 0.25) is 0 Å². The van der Waals surface area contributed by atoms with Crippen molar-refractivity contribution in [3.05, 3.63) is 29.6 Å². The lowest BCUT2D eigenvalue weighted by Crippen LogP contribution is -2.32. The molecule has 0 saturated carbocycles. The van der Waals surface area contributed by atoms with Gasteiger partial charge in [-0.2, -0.15) is 0 Å². The third-order valence-corrected chi connectivity index (χ3v) is 2.62. The molecule has 0 radical (unpaired) electrons. The van der Waals surface area contributed by atoms with Crippen LogP contribution in [0.4, 0.5) is 23.7 Å². The van der Waals surface area contributed by atoms with Gasteiger partial charge in [-0.1, -0.05) is 0 Å². The molecule has 1 saturated heterocycles. The Labute approximate surface area is 109 Å². The average Bonchev–Trinajstić information content (AvgIpc) is 2.60. The molecule has 9 heteroatoms. The van der Waals surface area contributed by atoms with Gasteiger partial charge < -0.3 is 10.4 Å². The SMILES string of the molecule is O=C(O)CC1NC(=O)N(c2cc(F)c(F)c(F)c2)C1=O. The van der Waals surface area contributed by atoms with Crippen molar-refractivity contribution in [3.8, 4) is 0 Å². The van der Waals surface area contributed by atoms with Gasteiger partial charge in [-0.05, 0) is 0 Å². The minimum atomic E-state index is -1.73. The molecule has 1 unspecified atom stereocenters. The molecule has 0 spiro atoms. The van der Waals surface area contributed by atoms with Crippen molar-refractivity contribution in [2.24, 2.45) is 0 Å². The number of carbonyl (C=O) groups excluding carboxylic acids is 2. The van der Waals surface area contributed by atoms with Gasteiger partial charge in [0, 0.05) is 12.1 Å². The van der Waals surface area contributed by atoms with Crippen LogP contribution in [0.5, 0.6) is 0 Å². The molecule has 20 heavy (non-hydrogen) atoms. The fraction of sp³-hybridized carbons (Fsp3) is 0.182. The van der Waals surface area contributed by atoms with E-state index >= 15 is 0 Å². The largest absolute Gasteiger partial charge is 0.481 e. The summed E-state index contributed by atoms with van der Waals surface area (Å²) in [6, 6.07) is -1.43. The Morgan fingerprint density at radius 1 is 1.25 bits per heavy atom. The number of anilines is 1.